The highest BCUT2D eigenvalue weighted by Gasteiger charge is 2.23. The summed E-state index contributed by atoms with van der Waals surface area (Å²) in [6.45, 7) is 8.61. The van der Waals surface area contributed by atoms with E-state index < -0.39 is 0 Å². The van der Waals surface area contributed by atoms with Crippen LogP contribution >= 0.6 is 0 Å². The van der Waals surface area contributed by atoms with Crippen molar-refractivity contribution in [1.29, 1.82) is 0 Å². The zero-order valence-corrected chi connectivity index (χ0v) is 11.8. The number of aromatic nitrogens is 2. The van der Waals surface area contributed by atoms with Gasteiger partial charge in [0, 0.05) is 44.4 Å². The Morgan fingerprint density at radius 1 is 1.58 bits per heavy atom. The predicted molar refractivity (Wildman–Crippen MR) is 70.8 cm³/mol. The Kier molecular flexibility index (Phi) is 4.52. The molecule has 0 aromatic carbocycles. The monoisotopic (exact) mass is 266 g/mol. The molecule has 1 amide bonds. The van der Waals surface area contributed by atoms with Crippen molar-refractivity contribution in [2.24, 2.45) is 0 Å². The first-order chi connectivity index (χ1) is 9.08. The lowest BCUT2D eigenvalue weighted by Gasteiger charge is -2.34. The van der Waals surface area contributed by atoms with Crippen LogP contribution in [-0.4, -0.2) is 46.6 Å². The first-order valence-corrected chi connectivity index (χ1v) is 6.90. The molecule has 6 heteroatoms. The second-order valence-electron chi connectivity index (χ2n) is 5.34. The number of amides is 1. The predicted octanol–water partition coefficient (Wildman–Crippen LogP) is 0.946. The minimum atomic E-state index is 0.165. The summed E-state index contributed by atoms with van der Waals surface area (Å²) < 4.78 is 5.15. The second-order valence-corrected chi connectivity index (χ2v) is 5.34. The summed E-state index contributed by atoms with van der Waals surface area (Å²) in [6, 6.07) is 0.259. The third kappa shape index (κ3) is 3.53. The van der Waals surface area contributed by atoms with Gasteiger partial charge in [0.15, 0.2) is 5.82 Å². The molecular formula is C13H22N4O2. The van der Waals surface area contributed by atoms with Gasteiger partial charge in [-0.05, 0) is 6.92 Å². The van der Waals surface area contributed by atoms with E-state index in [-0.39, 0.29) is 17.9 Å². The summed E-state index contributed by atoms with van der Waals surface area (Å²) in [4.78, 5) is 18.3. The average molecular weight is 266 g/mol. The molecule has 1 fully saturated rings. The molecule has 1 N–H and O–H groups in total. The number of aryl methyl sites for hydroxylation is 1. The van der Waals surface area contributed by atoms with Gasteiger partial charge in [-0.3, -0.25) is 4.79 Å². The molecule has 0 radical (unpaired) electrons. The standard InChI is InChI=1S/C13H22N4O2/c1-9(2)13-15-11(19-16-13)4-5-12(18)17-7-6-14-8-10(17)3/h9-10,14H,4-8H2,1-3H3. The molecular weight excluding hydrogens is 244 g/mol. The van der Waals surface area contributed by atoms with E-state index in [1.807, 2.05) is 18.7 Å². The van der Waals surface area contributed by atoms with Crippen LogP contribution in [0.3, 0.4) is 0 Å². The van der Waals surface area contributed by atoms with E-state index in [9.17, 15) is 4.79 Å². The van der Waals surface area contributed by atoms with Crippen LogP contribution in [0.1, 0.15) is 44.8 Å². The highest BCUT2D eigenvalue weighted by Crippen LogP contribution is 2.12. The number of piperazine rings is 1. The normalized spacial score (nSPS) is 20.0. The lowest BCUT2D eigenvalue weighted by molar-refractivity contribution is -0.134. The van der Waals surface area contributed by atoms with Gasteiger partial charge in [0.05, 0.1) is 0 Å². The first kappa shape index (κ1) is 14.0. The van der Waals surface area contributed by atoms with Crippen molar-refractivity contribution in [3.63, 3.8) is 0 Å². The molecule has 6 nitrogen and oxygen atoms in total. The molecule has 19 heavy (non-hydrogen) atoms. The van der Waals surface area contributed by atoms with Crippen LogP contribution in [-0.2, 0) is 11.2 Å². The Labute approximate surface area is 113 Å². The number of carbonyl (C=O) groups excluding carboxylic acids is 1. The number of hydrogen-bond donors (Lipinski definition) is 1. The molecule has 0 saturated carbocycles. The third-order valence-electron chi connectivity index (χ3n) is 3.37. The quantitative estimate of drug-likeness (QED) is 0.878. The summed E-state index contributed by atoms with van der Waals surface area (Å²) in [5.74, 6) is 1.68. The molecule has 2 rings (SSSR count). The molecule has 1 aromatic rings. The molecule has 1 aliphatic rings. The van der Waals surface area contributed by atoms with E-state index in [2.05, 4.69) is 22.4 Å². The lowest BCUT2D eigenvalue weighted by Crippen LogP contribution is -2.52. The van der Waals surface area contributed by atoms with Crippen LogP contribution in [0.4, 0.5) is 0 Å². The SMILES string of the molecule is CC(C)c1noc(CCC(=O)N2CCNCC2C)n1. The maximum Gasteiger partial charge on any atom is 0.227 e. The molecule has 0 spiro atoms. The van der Waals surface area contributed by atoms with E-state index in [4.69, 9.17) is 4.52 Å². The van der Waals surface area contributed by atoms with Crippen molar-refractivity contribution in [1.82, 2.24) is 20.4 Å². The van der Waals surface area contributed by atoms with Gasteiger partial charge < -0.3 is 14.7 Å². The van der Waals surface area contributed by atoms with Gasteiger partial charge in [-0.15, -0.1) is 0 Å². The summed E-state index contributed by atoms with van der Waals surface area (Å²) in [5, 5.41) is 7.17. The molecule has 106 valence electrons. The fourth-order valence-electron chi connectivity index (χ4n) is 2.17. The van der Waals surface area contributed by atoms with Crippen molar-refractivity contribution in [3.8, 4) is 0 Å². The van der Waals surface area contributed by atoms with Gasteiger partial charge in [-0.25, -0.2) is 0 Å². The zero-order valence-electron chi connectivity index (χ0n) is 11.8. The Morgan fingerprint density at radius 3 is 3.00 bits per heavy atom. The topological polar surface area (TPSA) is 71.3 Å². The smallest absolute Gasteiger partial charge is 0.227 e. The molecule has 2 heterocycles. The van der Waals surface area contributed by atoms with Crippen LogP contribution in [0.2, 0.25) is 0 Å². The molecule has 0 aliphatic carbocycles. The molecule has 1 aliphatic heterocycles. The number of hydrogen-bond acceptors (Lipinski definition) is 5. The Balaban J connectivity index is 1.85. The van der Waals surface area contributed by atoms with Crippen molar-refractivity contribution in [3.05, 3.63) is 11.7 Å². The van der Waals surface area contributed by atoms with E-state index in [0.29, 0.717) is 24.6 Å². The molecule has 1 aromatic heterocycles. The Hall–Kier alpha value is -1.43. The van der Waals surface area contributed by atoms with E-state index in [0.717, 1.165) is 19.6 Å². The van der Waals surface area contributed by atoms with E-state index in [1.54, 1.807) is 0 Å². The summed E-state index contributed by atoms with van der Waals surface area (Å²) in [5.41, 5.74) is 0. The van der Waals surface area contributed by atoms with Gasteiger partial charge in [0.2, 0.25) is 11.8 Å². The van der Waals surface area contributed by atoms with Crippen LogP contribution in [0, 0.1) is 0 Å². The Bertz CT molecular complexity index is 430. The fourth-order valence-corrected chi connectivity index (χ4v) is 2.17. The van der Waals surface area contributed by atoms with Gasteiger partial charge in [0.25, 0.3) is 0 Å². The van der Waals surface area contributed by atoms with Crippen LogP contribution < -0.4 is 5.32 Å². The summed E-state index contributed by atoms with van der Waals surface area (Å²) in [6.07, 6.45) is 0.958. The molecule has 0 bridgehead atoms. The lowest BCUT2D eigenvalue weighted by atomic mass is 10.2. The average Bonchev–Trinajstić information content (AvgIpc) is 2.85. The number of nitrogens with one attached hydrogen (secondary N) is 1. The third-order valence-corrected chi connectivity index (χ3v) is 3.37. The van der Waals surface area contributed by atoms with Crippen LogP contribution in [0.5, 0.6) is 0 Å². The molecule has 1 unspecified atom stereocenters. The van der Waals surface area contributed by atoms with Crippen LogP contribution in [0.15, 0.2) is 4.52 Å². The van der Waals surface area contributed by atoms with Crippen molar-refractivity contribution in [2.45, 2.75) is 45.6 Å². The maximum absolute atomic E-state index is 12.1. The molecule has 1 atom stereocenters. The van der Waals surface area contributed by atoms with Gasteiger partial charge in [-0.1, -0.05) is 19.0 Å². The first-order valence-electron chi connectivity index (χ1n) is 6.90. The van der Waals surface area contributed by atoms with Crippen molar-refractivity contribution < 1.29 is 9.32 Å². The number of nitrogens with zero attached hydrogens (tertiary/aromatic N) is 3. The fraction of sp³-hybridized carbons (Fsp3) is 0.769. The highest BCUT2D eigenvalue weighted by atomic mass is 16.5. The van der Waals surface area contributed by atoms with Crippen LogP contribution in [0.25, 0.3) is 0 Å². The van der Waals surface area contributed by atoms with E-state index in [1.165, 1.54) is 0 Å². The summed E-state index contributed by atoms with van der Waals surface area (Å²) >= 11 is 0. The van der Waals surface area contributed by atoms with E-state index >= 15 is 0 Å². The van der Waals surface area contributed by atoms with Crippen molar-refractivity contribution >= 4 is 5.91 Å². The largest absolute Gasteiger partial charge is 0.339 e. The maximum atomic E-state index is 12.1. The number of rotatable bonds is 4. The summed E-state index contributed by atoms with van der Waals surface area (Å²) in [7, 11) is 0. The van der Waals surface area contributed by atoms with Gasteiger partial charge >= 0.3 is 0 Å². The Morgan fingerprint density at radius 2 is 2.37 bits per heavy atom. The zero-order chi connectivity index (χ0) is 13.8. The highest BCUT2D eigenvalue weighted by molar-refractivity contribution is 5.76. The van der Waals surface area contributed by atoms with Gasteiger partial charge in [0.1, 0.15) is 0 Å². The van der Waals surface area contributed by atoms with Gasteiger partial charge in [-0.2, -0.15) is 4.98 Å². The second kappa shape index (κ2) is 6.14. The minimum Gasteiger partial charge on any atom is -0.339 e. The minimum absolute atomic E-state index is 0.165. The molecule has 1 saturated heterocycles. The van der Waals surface area contributed by atoms with Crippen molar-refractivity contribution in [2.75, 3.05) is 19.6 Å². The number of carbonyl (C=O) groups is 1.